The van der Waals surface area contributed by atoms with E-state index in [0.29, 0.717) is 31.9 Å². The number of rotatable bonds is 3. The average molecular weight is 398 g/mol. The zero-order chi connectivity index (χ0) is 19.7. The lowest BCUT2D eigenvalue weighted by Crippen LogP contribution is -2.51. The van der Waals surface area contributed by atoms with Crippen molar-refractivity contribution in [2.24, 2.45) is 0 Å². The lowest BCUT2D eigenvalue weighted by atomic mass is 10.1. The number of nitrogens with zero attached hydrogens (tertiary/aromatic N) is 2. The highest BCUT2D eigenvalue weighted by molar-refractivity contribution is 7.80. The monoisotopic (exact) mass is 398 g/mol. The molecule has 3 heterocycles. The number of fused-ring (bicyclic) bond motifs is 1. The molecule has 0 bridgehead atoms. The second-order valence-electron chi connectivity index (χ2n) is 6.52. The van der Waals surface area contributed by atoms with Gasteiger partial charge in [0.25, 0.3) is 11.8 Å². The van der Waals surface area contributed by atoms with Crippen LogP contribution in [0.2, 0.25) is 0 Å². The predicted octanol–water partition coefficient (Wildman–Crippen LogP) is 0.414. The summed E-state index contributed by atoms with van der Waals surface area (Å²) in [6, 6.07) is 7.54. The number of carbonyl (C=O) groups is 3. The molecule has 1 aromatic carbocycles. The smallest absolute Gasteiger partial charge is 0.263 e. The average Bonchev–Trinajstić information content (AvgIpc) is 3.03. The van der Waals surface area contributed by atoms with E-state index >= 15 is 0 Å². The second-order valence-corrected chi connectivity index (χ2v) is 6.93. The Hall–Kier alpha value is -3.04. The van der Waals surface area contributed by atoms with Gasteiger partial charge < -0.3 is 14.2 Å². The highest BCUT2D eigenvalue weighted by atomic mass is 32.1. The Morgan fingerprint density at radius 3 is 2.54 bits per heavy atom. The van der Waals surface area contributed by atoms with Gasteiger partial charge in [0.05, 0.1) is 13.2 Å². The summed E-state index contributed by atoms with van der Waals surface area (Å²) in [5.41, 5.74) is 1.50. The van der Waals surface area contributed by atoms with E-state index in [-0.39, 0.29) is 23.1 Å². The number of aromatic nitrogens is 1. The summed E-state index contributed by atoms with van der Waals surface area (Å²) in [5, 5.41) is 5.68. The number of ether oxygens (including phenoxy) is 1. The number of nitrogens with one attached hydrogen (secondary N) is 2. The van der Waals surface area contributed by atoms with Gasteiger partial charge in [-0.05, 0) is 24.4 Å². The lowest BCUT2D eigenvalue weighted by Gasteiger charge is -2.27. The maximum Gasteiger partial charge on any atom is 0.263 e. The van der Waals surface area contributed by atoms with Crippen molar-refractivity contribution in [3.63, 3.8) is 0 Å². The zero-order valence-electron chi connectivity index (χ0n) is 14.9. The highest BCUT2D eigenvalue weighted by Crippen LogP contribution is 2.24. The van der Waals surface area contributed by atoms with Crippen molar-refractivity contribution in [3.8, 4) is 0 Å². The fraction of sp³-hybridized carbons (Fsp3) is 0.263. The summed E-state index contributed by atoms with van der Waals surface area (Å²) in [7, 11) is 0. The number of amides is 3. The zero-order valence-corrected chi connectivity index (χ0v) is 15.8. The molecule has 3 amide bonds. The maximum absolute atomic E-state index is 12.6. The Morgan fingerprint density at radius 2 is 1.82 bits per heavy atom. The van der Waals surface area contributed by atoms with Crippen LogP contribution in [0.15, 0.2) is 36.0 Å². The van der Waals surface area contributed by atoms with Crippen LogP contribution >= 0.6 is 12.2 Å². The number of benzene rings is 1. The molecule has 8 nitrogen and oxygen atoms in total. The van der Waals surface area contributed by atoms with Gasteiger partial charge in [0.15, 0.2) is 5.11 Å². The highest BCUT2D eigenvalue weighted by Gasteiger charge is 2.26. The van der Waals surface area contributed by atoms with E-state index in [1.807, 2.05) is 28.8 Å². The first-order chi connectivity index (χ1) is 13.5. The van der Waals surface area contributed by atoms with Crippen molar-refractivity contribution >= 4 is 52.0 Å². The summed E-state index contributed by atoms with van der Waals surface area (Å²) < 4.78 is 7.13. The Balaban J connectivity index is 1.68. The van der Waals surface area contributed by atoms with Crippen molar-refractivity contribution < 1.29 is 19.1 Å². The minimum absolute atomic E-state index is 0.00163. The Morgan fingerprint density at radius 1 is 1.14 bits per heavy atom. The Labute approximate surface area is 166 Å². The van der Waals surface area contributed by atoms with E-state index in [0.717, 1.165) is 10.9 Å². The van der Waals surface area contributed by atoms with Gasteiger partial charge in [-0.15, -0.1) is 0 Å². The molecule has 2 N–H and O–H groups in total. The van der Waals surface area contributed by atoms with Gasteiger partial charge in [-0.3, -0.25) is 25.0 Å². The van der Waals surface area contributed by atoms with Crippen LogP contribution in [0.4, 0.5) is 0 Å². The number of hydrogen-bond acceptors (Lipinski definition) is 5. The van der Waals surface area contributed by atoms with Crippen LogP contribution in [0.1, 0.15) is 5.56 Å². The summed E-state index contributed by atoms with van der Waals surface area (Å²) in [4.78, 5) is 38.7. The molecule has 0 atom stereocenters. The van der Waals surface area contributed by atoms with E-state index < -0.39 is 11.8 Å². The molecule has 2 aromatic rings. The molecular formula is C19H18N4O4S. The number of hydrogen-bond donors (Lipinski definition) is 2. The minimum atomic E-state index is -0.546. The molecule has 0 radical (unpaired) electrons. The fourth-order valence-electron chi connectivity index (χ4n) is 3.34. The van der Waals surface area contributed by atoms with Crippen molar-refractivity contribution in [1.29, 1.82) is 0 Å². The number of para-hydroxylation sites is 1. The van der Waals surface area contributed by atoms with Crippen LogP contribution in [0, 0.1) is 0 Å². The molecule has 0 spiro atoms. The standard InChI is InChI=1S/C19H18N4O4S/c24-16(22-5-7-27-8-6-22)11-23-10-12(13-3-1-2-4-15(13)23)9-14-17(25)20-19(28)21-18(14)26/h1-4,9-10H,5-8,11H2,(H2,20,21,25,26,28). The number of carbonyl (C=O) groups excluding carboxylic acids is 3. The summed E-state index contributed by atoms with van der Waals surface area (Å²) in [6.07, 6.45) is 3.30. The van der Waals surface area contributed by atoms with E-state index in [1.54, 1.807) is 11.1 Å². The minimum Gasteiger partial charge on any atom is -0.378 e. The molecule has 2 saturated heterocycles. The molecule has 2 fully saturated rings. The third-order valence-electron chi connectivity index (χ3n) is 4.73. The Bertz CT molecular complexity index is 998. The molecule has 1 aromatic heterocycles. The topological polar surface area (TPSA) is 92.7 Å². The van der Waals surface area contributed by atoms with Crippen LogP contribution < -0.4 is 10.6 Å². The summed E-state index contributed by atoms with van der Waals surface area (Å²) in [5.74, 6) is -1.09. The first-order valence-corrected chi connectivity index (χ1v) is 9.25. The van der Waals surface area contributed by atoms with Crippen LogP contribution in [-0.2, 0) is 25.7 Å². The second kappa shape index (κ2) is 7.53. The van der Waals surface area contributed by atoms with Crippen molar-refractivity contribution in [2.75, 3.05) is 26.3 Å². The Kier molecular flexibility index (Phi) is 4.93. The van der Waals surface area contributed by atoms with Gasteiger partial charge in [0.1, 0.15) is 12.1 Å². The largest absolute Gasteiger partial charge is 0.378 e. The summed E-state index contributed by atoms with van der Waals surface area (Å²) >= 11 is 4.82. The first-order valence-electron chi connectivity index (χ1n) is 8.84. The van der Waals surface area contributed by atoms with Gasteiger partial charge in [0.2, 0.25) is 5.91 Å². The van der Waals surface area contributed by atoms with Crippen molar-refractivity contribution in [1.82, 2.24) is 20.1 Å². The van der Waals surface area contributed by atoms with Crippen molar-refractivity contribution in [2.45, 2.75) is 6.54 Å². The van der Waals surface area contributed by atoms with Gasteiger partial charge in [-0.25, -0.2) is 0 Å². The van der Waals surface area contributed by atoms with E-state index in [1.165, 1.54) is 6.08 Å². The molecule has 144 valence electrons. The summed E-state index contributed by atoms with van der Waals surface area (Å²) in [6.45, 7) is 2.42. The van der Waals surface area contributed by atoms with Crippen LogP contribution in [-0.4, -0.2) is 58.6 Å². The van der Waals surface area contributed by atoms with Crippen LogP contribution in [0.25, 0.3) is 17.0 Å². The number of morpholine rings is 1. The molecular weight excluding hydrogens is 380 g/mol. The molecule has 28 heavy (non-hydrogen) atoms. The quantitative estimate of drug-likeness (QED) is 0.444. The molecule has 0 aliphatic carbocycles. The van der Waals surface area contributed by atoms with Crippen LogP contribution in [0.5, 0.6) is 0 Å². The van der Waals surface area contributed by atoms with Gasteiger partial charge in [-0.2, -0.15) is 0 Å². The molecule has 2 aliphatic rings. The molecule has 4 rings (SSSR count). The maximum atomic E-state index is 12.6. The van der Waals surface area contributed by atoms with Gasteiger partial charge in [0, 0.05) is 35.8 Å². The predicted molar refractivity (Wildman–Crippen MR) is 106 cm³/mol. The van der Waals surface area contributed by atoms with Crippen LogP contribution in [0.3, 0.4) is 0 Å². The van der Waals surface area contributed by atoms with Gasteiger partial charge >= 0.3 is 0 Å². The van der Waals surface area contributed by atoms with E-state index in [9.17, 15) is 14.4 Å². The number of thiocarbonyl (C=S) groups is 1. The molecule has 9 heteroatoms. The third kappa shape index (κ3) is 3.54. The van der Waals surface area contributed by atoms with E-state index in [4.69, 9.17) is 17.0 Å². The van der Waals surface area contributed by atoms with Crippen molar-refractivity contribution in [3.05, 3.63) is 41.6 Å². The molecule has 2 aliphatic heterocycles. The lowest BCUT2D eigenvalue weighted by molar-refractivity contribution is -0.135. The molecule has 0 unspecified atom stereocenters. The van der Waals surface area contributed by atoms with Gasteiger partial charge in [-0.1, -0.05) is 18.2 Å². The fourth-order valence-corrected chi connectivity index (χ4v) is 3.53. The molecule has 0 saturated carbocycles. The third-order valence-corrected chi connectivity index (χ3v) is 4.94. The SMILES string of the molecule is O=C1NC(=S)NC(=O)C1=Cc1cn(CC(=O)N2CCOCC2)c2ccccc12. The first kappa shape index (κ1) is 18.3. The van der Waals surface area contributed by atoms with E-state index in [2.05, 4.69) is 10.6 Å². The normalized spacial score (nSPS) is 17.5.